The summed E-state index contributed by atoms with van der Waals surface area (Å²) in [7, 11) is -3.64. The average Bonchev–Trinajstić information content (AvgIpc) is 2.84. The molecule has 2 rings (SSSR count). The maximum atomic E-state index is 12.5. The molecule has 2 aromatic rings. The summed E-state index contributed by atoms with van der Waals surface area (Å²) in [5.74, 6) is 0.598. The van der Waals surface area contributed by atoms with Crippen molar-refractivity contribution in [3.63, 3.8) is 0 Å². The third-order valence-electron chi connectivity index (χ3n) is 2.80. The monoisotopic (exact) mass is 333 g/mol. The minimum absolute atomic E-state index is 0.155. The van der Waals surface area contributed by atoms with Gasteiger partial charge >= 0.3 is 0 Å². The molecule has 0 aliphatic rings. The first-order valence-corrected chi connectivity index (χ1v) is 8.98. The summed E-state index contributed by atoms with van der Waals surface area (Å²) in [6.07, 6.45) is 0.689. The van der Waals surface area contributed by atoms with Crippen molar-refractivity contribution in [3.05, 3.63) is 18.2 Å². The first-order chi connectivity index (χ1) is 9.44. The van der Waals surface area contributed by atoms with Gasteiger partial charge < -0.3 is 0 Å². The van der Waals surface area contributed by atoms with Gasteiger partial charge in [-0.3, -0.25) is 0 Å². The fourth-order valence-corrected chi connectivity index (χ4v) is 4.30. The summed E-state index contributed by atoms with van der Waals surface area (Å²) in [5, 5.41) is 0. The van der Waals surface area contributed by atoms with Gasteiger partial charge in [0.15, 0.2) is 0 Å². The summed E-state index contributed by atoms with van der Waals surface area (Å²) in [6.45, 7) is 4.05. The van der Waals surface area contributed by atoms with Gasteiger partial charge in [-0.1, -0.05) is 19.9 Å². The lowest BCUT2D eigenvalue weighted by Crippen LogP contribution is -2.37. The Morgan fingerprint density at radius 3 is 2.75 bits per heavy atom. The predicted molar refractivity (Wildman–Crippen MR) is 81.7 cm³/mol. The molecule has 110 valence electrons. The van der Waals surface area contributed by atoms with Gasteiger partial charge in [-0.2, -0.15) is 8.75 Å². The van der Waals surface area contributed by atoms with Crippen LogP contribution in [0.1, 0.15) is 20.3 Å². The van der Waals surface area contributed by atoms with E-state index in [2.05, 4.69) is 13.5 Å². The highest BCUT2D eigenvalue weighted by atomic mass is 35.5. The molecule has 1 N–H and O–H groups in total. The lowest BCUT2D eigenvalue weighted by molar-refractivity contribution is 0.485. The van der Waals surface area contributed by atoms with Gasteiger partial charge in [0.05, 0.1) is 11.7 Å². The molecule has 0 saturated carbocycles. The van der Waals surface area contributed by atoms with Crippen LogP contribution in [-0.2, 0) is 10.0 Å². The van der Waals surface area contributed by atoms with E-state index in [1.54, 1.807) is 12.1 Å². The van der Waals surface area contributed by atoms with E-state index in [-0.39, 0.29) is 16.8 Å². The molecule has 0 amide bonds. The van der Waals surface area contributed by atoms with Crippen LogP contribution >= 0.6 is 23.3 Å². The molecule has 1 unspecified atom stereocenters. The second-order valence-corrected chi connectivity index (χ2v) is 7.51. The molecule has 1 aromatic carbocycles. The average molecular weight is 334 g/mol. The number of benzene rings is 1. The van der Waals surface area contributed by atoms with Crippen molar-refractivity contribution in [3.8, 4) is 0 Å². The standard InChI is InChI=1S/C12H16ClN3O2S2/c1-8(2)6-9(7-13)16-20(17,18)11-5-3-4-10-12(11)15-19-14-10/h3-5,8-9,16H,6-7H2,1-2H3. The lowest BCUT2D eigenvalue weighted by atomic mass is 10.1. The van der Waals surface area contributed by atoms with E-state index >= 15 is 0 Å². The topological polar surface area (TPSA) is 72.0 Å². The van der Waals surface area contributed by atoms with Crippen molar-refractivity contribution in [2.75, 3.05) is 5.88 Å². The van der Waals surface area contributed by atoms with E-state index in [9.17, 15) is 8.42 Å². The van der Waals surface area contributed by atoms with E-state index in [0.29, 0.717) is 23.4 Å². The van der Waals surface area contributed by atoms with Gasteiger partial charge in [-0.25, -0.2) is 13.1 Å². The van der Waals surface area contributed by atoms with E-state index in [4.69, 9.17) is 11.6 Å². The van der Waals surface area contributed by atoms with Crippen molar-refractivity contribution in [2.24, 2.45) is 5.92 Å². The maximum absolute atomic E-state index is 12.5. The quantitative estimate of drug-likeness (QED) is 0.825. The number of alkyl halides is 1. The number of fused-ring (bicyclic) bond motifs is 1. The van der Waals surface area contributed by atoms with Gasteiger partial charge in [-0.05, 0) is 24.5 Å². The highest BCUT2D eigenvalue weighted by Gasteiger charge is 2.23. The number of sulfonamides is 1. The molecule has 8 heteroatoms. The summed E-state index contributed by atoms with van der Waals surface area (Å²) in [4.78, 5) is 0.155. The van der Waals surface area contributed by atoms with Crippen LogP contribution in [0.15, 0.2) is 23.1 Å². The molecule has 0 fully saturated rings. The Labute approximate surface area is 127 Å². The molecule has 1 aromatic heterocycles. The third-order valence-corrected chi connectivity index (χ3v) is 5.27. The zero-order chi connectivity index (χ0) is 14.8. The Kier molecular flexibility index (Phi) is 4.95. The largest absolute Gasteiger partial charge is 0.243 e. The number of aromatic nitrogens is 2. The van der Waals surface area contributed by atoms with Gasteiger partial charge in [0.2, 0.25) is 10.0 Å². The fourth-order valence-electron chi connectivity index (χ4n) is 1.99. The van der Waals surface area contributed by atoms with Gasteiger partial charge in [0, 0.05) is 11.9 Å². The zero-order valence-corrected chi connectivity index (χ0v) is 13.6. The van der Waals surface area contributed by atoms with Crippen LogP contribution in [0.25, 0.3) is 11.0 Å². The summed E-state index contributed by atoms with van der Waals surface area (Å²) in [6, 6.07) is 4.65. The SMILES string of the molecule is CC(C)CC(CCl)NS(=O)(=O)c1cccc2nsnc12. The first-order valence-electron chi connectivity index (χ1n) is 6.23. The smallest absolute Gasteiger partial charge is 0.207 e. The maximum Gasteiger partial charge on any atom is 0.243 e. The number of halogens is 1. The van der Waals surface area contributed by atoms with Crippen LogP contribution in [0.4, 0.5) is 0 Å². The number of nitrogens with zero attached hydrogens (tertiary/aromatic N) is 2. The first kappa shape index (κ1) is 15.6. The van der Waals surface area contributed by atoms with Crippen molar-refractivity contribution in [1.29, 1.82) is 0 Å². The molecule has 5 nitrogen and oxygen atoms in total. The molecule has 0 aliphatic carbocycles. The van der Waals surface area contributed by atoms with Gasteiger partial charge in [-0.15, -0.1) is 11.6 Å². The summed E-state index contributed by atoms with van der Waals surface area (Å²) in [5.41, 5.74) is 0.993. The van der Waals surface area contributed by atoms with Gasteiger partial charge in [0.25, 0.3) is 0 Å². The van der Waals surface area contributed by atoms with E-state index in [1.807, 2.05) is 13.8 Å². The Morgan fingerprint density at radius 1 is 1.35 bits per heavy atom. The lowest BCUT2D eigenvalue weighted by Gasteiger charge is -2.18. The molecule has 0 bridgehead atoms. The Morgan fingerprint density at radius 2 is 2.10 bits per heavy atom. The molecular weight excluding hydrogens is 318 g/mol. The number of rotatable bonds is 6. The van der Waals surface area contributed by atoms with Crippen molar-refractivity contribution < 1.29 is 8.42 Å². The summed E-state index contributed by atoms with van der Waals surface area (Å²) < 4.78 is 35.7. The van der Waals surface area contributed by atoms with Crippen LogP contribution in [-0.4, -0.2) is 29.1 Å². The minimum Gasteiger partial charge on any atom is -0.207 e. The number of hydrogen-bond acceptors (Lipinski definition) is 5. The van der Waals surface area contributed by atoms with Crippen LogP contribution in [0.5, 0.6) is 0 Å². The van der Waals surface area contributed by atoms with Crippen LogP contribution in [0, 0.1) is 5.92 Å². The molecule has 1 atom stereocenters. The zero-order valence-electron chi connectivity index (χ0n) is 11.2. The predicted octanol–water partition coefficient (Wildman–Crippen LogP) is 2.62. The molecule has 0 radical (unpaired) electrons. The van der Waals surface area contributed by atoms with E-state index in [1.165, 1.54) is 6.07 Å². The second-order valence-electron chi connectivity index (χ2n) is 4.99. The highest BCUT2D eigenvalue weighted by Crippen LogP contribution is 2.21. The van der Waals surface area contributed by atoms with E-state index in [0.717, 1.165) is 11.7 Å². The Bertz CT molecular complexity index is 685. The van der Waals surface area contributed by atoms with Crippen molar-refractivity contribution in [2.45, 2.75) is 31.2 Å². The molecule has 1 heterocycles. The normalized spacial score (nSPS) is 14.0. The van der Waals surface area contributed by atoms with Gasteiger partial charge in [0.1, 0.15) is 15.9 Å². The second kappa shape index (κ2) is 6.34. The van der Waals surface area contributed by atoms with Crippen molar-refractivity contribution >= 4 is 44.4 Å². The third kappa shape index (κ3) is 3.46. The molecule has 0 saturated heterocycles. The fraction of sp³-hybridized carbons (Fsp3) is 0.500. The van der Waals surface area contributed by atoms with Crippen LogP contribution in [0.2, 0.25) is 0 Å². The number of hydrogen-bond donors (Lipinski definition) is 1. The number of nitrogens with one attached hydrogen (secondary N) is 1. The summed E-state index contributed by atoms with van der Waals surface area (Å²) >= 11 is 6.85. The minimum atomic E-state index is -3.64. The molecule has 20 heavy (non-hydrogen) atoms. The molecular formula is C12H16ClN3O2S2. The van der Waals surface area contributed by atoms with Crippen molar-refractivity contribution in [1.82, 2.24) is 13.5 Å². The Balaban J connectivity index is 2.32. The highest BCUT2D eigenvalue weighted by molar-refractivity contribution is 7.89. The van der Waals surface area contributed by atoms with Crippen LogP contribution in [0.3, 0.4) is 0 Å². The Hall–Kier alpha value is -0.760. The molecule has 0 spiro atoms. The molecule has 0 aliphatic heterocycles. The van der Waals surface area contributed by atoms with Crippen LogP contribution < -0.4 is 4.72 Å². The van der Waals surface area contributed by atoms with E-state index < -0.39 is 10.0 Å².